The van der Waals surface area contributed by atoms with Gasteiger partial charge in [0.15, 0.2) is 5.75 Å². The van der Waals surface area contributed by atoms with Gasteiger partial charge in [0.2, 0.25) is 0 Å². The highest BCUT2D eigenvalue weighted by Gasteiger charge is 2.17. The van der Waals surface area contributed by atoms with Crippen LogP contribution in [0.4, 0.5) is 5.69 Å². The Balaban J connectivity index is 2.51. The highest BCUT2D eigenvalue weighted by Crippen LogP contribution is 2.30. The van der Waals surface area contributed by atoms with Crippen LogP contribution >= 0.6 is 0 Å². The van der Waals surface area contributed by atoms with E-state index in [-0.39, 0.29) is 11.4 Å². The number of aryl methyl sites for hydroxylation is 2. The van der Waals surface area contributed by atoms with Gasteiger partial charge in [0.1, 0.15) is 0 Å². The molecule has 1 aromatic heterocycles. The van der Waals surface area contributed by atoms with Crippen molar-refractivity contribution in [1.82, 2.24) is 9.78 Å². The minimum atomic E-state index is -0.434. The Labute approximate surface area is 123 Å². The SMILES string of the molecule is CCOc1cc(-n2nc(CC)cc2CC)ccc1[N+](=O)[O-]. The maximum absolute atomic E-state index is 11.0. The second-order valence-electron chi connectivity index (χ2n) is 4.59. The van der Waals surface area contributed by atoms with E-state index in [1.165, 1.54) is 6.07 Å². The van der Waals surface area contributed by atoms with Crippen LogP contribution in [0.15, 0.2) is 24.3 Å². The van der Waals surface area contributed by atoms with Crippen molar-refractivity contribution in [3.8, 4) is 11.4 Å². The molecule has 0 unspecified atom stereocenters. The zero-order chi connectivity index (χ0) is 15.4. The second-order valence-corrected chi connectivity index (χ2v) is 4.59. The summed E-state index contributed by atoms with van der Waals surface area (Å²) in [5.74, 6) is 0.274. The van der Waals surface area contributed by atoms with E-state index in [0.29, 0.717) is 6.61 Å². The standard InChI is InChI=1S/C15H19N3O3/c1-4-11-9-12(5-2)17(16-11)13-7-8-14(18(19)20)15(10-13)21-6-3/h7-10H,4-6H2,1-3H3. The van der Waals surface area contributed by atoms with Crippen molar-refractivity contribution < 1.29 is 9.66 Å². The van der Waals surface area contributed by atoms with Gasteiger partial charge >= 0.3 is 5.69 Å². The zero-order valence-corrected chi connectivity index (χ0v) is 12.5. The fourth-order valence-electron chi connectivity index (χ4n) is 2.18. The van der Waals surface area contributed by atoms with E-state index in [1.807, 2.05) is 11.6 Å². The number of aromatic nitrogens is 2. The van der Waals surface area contributed by atoms with Crippen molar-refractivity contribution >= 4 is 5.69 Å². The summed E-state index contributed by atoms with van der Waals surface area (Å²) < 4.78 is 7.21. The van der Waals surface area contributed by atoms with E-state index in [4.69, 9.17) is 4.74 Å². The van der Waals surface area contributed by atoms with Crippen LogP contribution in [0, 0.1) is 10.1 Å². The Morgan fingerprint density at radius 2 is 2.00 bits per heavy atom. The smallest absolute Gasteiger partial charge is 0.311 e. The largest absolute Gasteiger partial charge is 0.487 e. The molecule has 0 saturated heterocycles. The summed E-state index contributed by atoms with van der Waals surface area (Å²) in [7, 11) is 0. The maximum Gasteiger partial charge on any atom is 0.311 e. The molecule has 0 atom stereocenters. The summed E-state index contributed by atoms with van der Waals surface area (Å²) in [6.45, 7) is 6.29. The topological polar surface area (TPSA) is 70.2 Å². The summed E-state index contributed by atoms with van der Waals surface area (Å²) in [6.07, 6.45) is 1.69. The molecule has 0 amide bonds. The first kappa shape index (κ1) is 15.0. The lowest BCUT2D eigenvalue weighted by Crippen LogP contribution is -2.04. The Kier molecular flexibility index (Phi) is 4.57. The van der Waals surface area contributed by atoms with Crippen molar-refractivity contribution in [3.63, 3.8) is 0 Å². The molecule has 112 valence electrons. The van der Waals surface area contributed by atoms with Crippen LogP contribution in [0.25, 0.3) is 5.69 Å². The van der Waals surface area contributed by atoms with E-state index in [1.54, 1.807) is 19.1 Å². The minimum Gasteiger partial charge on any atom is -0.487 e. The van der Waals surface area contributed by atoms with E-state index >= 15 is 0 Å². The molecule has 0 spiro atoms. The van der Waals surface area contributed by atoms with E-state index < -0.39 is 4.92 Å². The number of nitro benzene ring substituents is 1. The fourth-order valence-corrected chi connectivity index (χ4v) is 2.18. The molecule has 0 bridgehead atoms. The normalized spacial score (nSPS) is 10.6. The minimum absolute atomic E-state index is 0.0264. The van der Waals surface area contributed by atoms with Crippen LogP contribution in [0.1, 0.15) is 32.2 Å². The molecule has 0 aliphatic carbocycles. The van der Waals surface area contributed by atoms with Gasteiger partial charge in [-0.25, -0.2) is 4.68 Å². The predicted molar refractivity (Wildman–Crippen MR) is 80.1 cm³/mol. The third kappa shape index (κ3) is 3.04. The van der Waals surface area contributed by atoms with Crippen molar-refractivity contribution in [1.29, 1.82) is 0 Å². The summed E-state index contributed by atoms with van der Waals surface area (Å²) >= 11 is 0. The van der Waals surface area contributed by atoms with Gasteiger partial charge < -0.3 is 4.74 Å². The van der Waals surface area contributed by atoms with Crippen molar-refractivity contribution in [2.24, 2.45) is 0 Å². The van der Waals surface area contributed by atoms with E-state index in [0.717, 1.165) is 29.9 Å². The summed E-state index contributed by atoms with van der Waals surface area (Å²) in [4.78, 5) is 10.6. The lowest BCUT2D eigenvalue weighted by Gasteiger charge is -2.09. The Morgan fingerprint density at radius 3 is 2.57 bits per heavy atom. The van der Waals surface area contributed by atoms with Crippen LogP contribution in [-0.2, 0) is 12.8 Å². The molecular weight excluding hydrogens is 270 g/mol. The average molecular weight is 289 g/mol. The molecule has 0 radical (unpaired) electrons. The number of ether oxygens (including phenoxy) is 1. The van der Waals surface area contributed by atoms with Gasteiger partial charge in [-0.3, -0.25) is 10.1 Å². The molecule has 1 aromatic carbocycles. The van der Waals surface area contributed by atoms with Crippen molar-refractivity contribution in [2.75, 3.05) is 6.61 Å². The first-order valence-electron chi connectivity index (χ1n) is 7.10. The number of rotatable bonds is 6. The molecule has 2 aromatic rings. The van der Waals surface area contributed by atoms with Gasteiger partial charge in [-0.15, -0.1) is 0 Å². The van der Waals surface area contributed by atoms with Gasteiger partial charge in [0.25, 0.3) is 0 Å². The van der Waals surface area contributed by atoms with Crippen LogP contribution in [0.3, 0.4) is 0 Å². The average Bonchev–Trinajstić information content (AvgIpc) is 2.90. The molecule has 2 rings (SSSR count). The maximum atomic E-state index is 11.0. The Hall–Kier alpha value is -2.37. The first-order valence-corrected chi connectivity index (χ1v) is 7.10. The van der Waals surface area contributed by atoms with Gasteiger partial charge in [0.05, 0.1) is 22.9 Å². The summed E-state index contributed by atoms with van der Waals surface area (Å²) in [5, 5.41) is 15.6. The molecule has 21 heavy (non-hydrogen) atoms. The van der Waals surface area contributed by atoms with Crippen LogP contribution < -0.4 is 4.74 Å². The summed E-state index contributed by atoms with van der Waals surface area (Å²) in [5.41, 5.74) is 2.83. The lowest BCUT2D eigenvalue weighted by atomic mass is 10.2. The van der Waals surface area contributed by atoms with E-state index in [9.17, 15) is 10.1 Å². The molecule has 0 aliphatic rings. The number of hydrogen-bond acceptors (Lipinski definition) is 4. The quantitative estimate of drug-likeness (QED) is 0.604. The van der Waals surface area contributed by atoms with Crippen LogP contribution in [0.5, 0.6) is 5.75 Å². The van der Waals surface area contributed by atoms with Gasteiger partial charge in [0, 0.05) is 17.8 Å². The molecule has 6 nitrogen and oxygen atoms in total. The van der Waals surface area contributed by atoms with Gasteiger partial charge in [-0.1, -0.05) is 13.8 Å². The van der Waals surface area contributed by atoms with Crippen LogP contribution in [-0.4, -0.2) is 21.3 Å². The number of hydrogen-bond donors (Lipinski definition) is 0. The zero-order valence-electron chi connectivity index (χ0n) is 12.5. The lowest BCUT2D eigenvalue weighted by molar-refractivity contribution is -0.385. The third-order valence-corrected chi connectivity index (χ3v) is 3.24. The number of nitro groups is 1. The van der Waals surface area contributed by atoms with E-state index in [2.05, 4.69) is 18.1 Å². The monoisotopic (exact) mass is 289 g/mol. The fraction of sp³-hybridized carbons (Fsp3) is 0.400. The number of nitrogens with zero attached hydrogens (tertiary/aromatic N) is 3. The van der Waals surface area contributed by atoms with Crippen LogP contribution in [0.2, 0.25) is 0 Å². The molecular formula is C15H19N3O3. The molecule has 1 heterocycles. The Morgan fingerprint density at radius 1 is 1.24 bits per heavy atom. The molecule has 0 saturated carbocycles. The number of benzene rings is 1. The molecule has 0 fully saturated rings. The highest BCUT2D eigenvalue weighted by molar-refractivity contribution is 5.53. The summed E-state index contributed by atoms with van der Waals surface area (Å²) in [6, 6.07) is 6.90. The second kappa shape index (κ2) is 6.39. The Bertz CT molecular complexity index is 650. The molecule has 0 N–H and O–H groups in total. The predicted octanol–water partition coefficient (Wildman–Crippen LogP) is 3.30. The third-order valence-electron chi connectivity index (χ3n) is 3.24. The van der Waals surface area contributed by atoms with Gasteiger partial charge in [-0.2, -0.15) is 5.10 Å². The molecule has 0 aliphatic heterocycles. The van der Waals surface area contributed by atoms with Gasteiger partial charge in [-0.05, 0) is 31.9 Å². The highest BCUT2D eigenvalue weighted by atomic mass is 16.6. The van der Waals surface area contributed by atoms with Crippen molar-refractivity contribution in [2.45, 2.75) is 33.6 Å². The molecule has 6 heteroatoms. The van der Waals surface area contributed by atoms with Crippen molar-refractivity contribution in [3.05, 3.63) is 45.8 Å². The first-order chi connectivity index (χ1) is 10.1.